The maximum Gasteiger partial charge on any atom is 0.162 e. The van der Waals surface area contributed by atoms with Gasteiger partial charge >= 0.3 is 0 Å². The minimum atomic E-state index is -0.825. The molecule has 0 radical (unpaired) electrons. The van der Waals surface area contributed by atoms with Gasteiger partial charge in [0.05, 0.1) is 0 Å². The molecule has 110 valence electrons. The fourth-order valence-corrected chi connectivity index (χ4v) is 2.91. The van der Waals surface area contributed by atoms with Crippen molar-refractivity contribution < 1.29 is 18.3 Å². The minimum Gasteiger partial charge on any atom is -0.486 e. The zero-order valence-corrected chi connectivity index (χ0v) is 12.7. The summed E-state index contributed by atoms with van der Waals surface area (Å²) in [5.74, 6) is -0.224. The van der Waals surface area contributed by atoms with Crippen molar-refractivity contribution in [1.29, 1.82) is 0 Å². The van der Waals surface area contributed by atoms with Gasteiger partial charge in [0.1, 0.15) is 13.2 Å². The van der Waals surface area contributed by atoms with Crippen LogP contribution in [0, 0.1) is 11.6 Å². The Bertz CT molecular complexity index is 661. The van der Waals surface area contributed by atoms with Gasteiger partial charge in [-0.3, -0.25) is 0 Å². The molecule has 1 unspecified atom stereocenters. The molecule has 1 aliphatic heterocycles. The first-order valence-corrected chi connectivity index (χ1v) is 7.53. The normalized spacial score (nSPS) is 14.8. The summed E-state index contributed by atoms with van der Waals surface area (Å²) in [6, 6.07) is 9.81. The summed E-state index contributed by atoms with van der Waals surface area (Å²) in [7, 11) is 0. The molecule has 0 saturated heterocycles. The van der Waals surface area contributed by atoms with Gasteiger partial charge in [0.25, 0.3) is 0 Å². The maximum atomic E-state index is 13.7. The molecule has 2 aromatic rings. The molecule has 0 saturated carbocycles. The lowest BCUT2D eigenvalue weighted by Crippen LogP contribution is -2.15. The van der Waals surface area contributed by atoms with Crippen molar-refractivity contribution in [2.24, 2.45) is 0 Å². The second-order valence-electron chi connectivity index (χ2n) is 4.79. The first-order chi connectivity index (χ1) is 10.1. The summed E-state index contributed by atoms with van der Waals surface area (Å²) in [5.41, 5.74) is 1.27. The second-order valence-corrected chi connectivity index (χ2v) is 5.89. The van der Waals surface area contributed by atoms with Gasteiger partial charge in [-0.2, -0.15) is 0 Å². The Hall–Kier alpha value is -1.62. The molecule has 0 N–H and O–H groups in total. The number of halogens is 3. The average Bonchev–Trinajstić information content (AvgIpc) is 2.51. The summed E-state index contributed by atoms with van der Waals surface area (Å²) in [5, 5.41) is 0. The Morgan fingerprint density at radius 2 is 1.81 bits per heavy atom. The predicted octanol–water partition coefficient (Wildman–Crippen LogP) is 4.41. The van der Waals surface area contributed by atoms with Gasteiger partial charge in [0, 0.05) is 4.83 Å². The van der Waals surface area contributed by atoms with Crippen LogP contribution in [0.5, 0.6) is 11.5 Å². The number of hydrogen-bond donors (Lipinski definition) is 0. The second kappa shape index (κ2) is 6.02. The number of fused-ring (bicyclic) bond motifs is 1. The lowest BCUT2D eigenvalue weighted by molar-refractivity contribution is 0.171. The maximum absolute atomic E-state index is 13.7. The van der Waals surface area contributed by atoms with E-state index in [-0.39, 0.29) is 4.83 Å². The quantitative estimate of drug-likeness (QED) is 0.760. The lowest BCUT2D eigenvalue weighted by atomic mass is 10.0. The van der Waals surface area contributed by atoms with Crippen molar-refractivity contribution in [2.75, 3.05) is 13.2 Å². The Morgan fingerprint density at radius 1 is 1.05 bits per heavy atom. The highest BCUT2D eigenvalue weighted by atomic mass is 79.9. The van der Waals surface area contributed by atoms with Crippen LogP contribution in [0.2, 0.25) is 0 Å². The number of benzene rings is 2. The molecular formula is C16H13BrF2O2. The van der Waals surface area contributed by atoms with Crippen LogP contribution < -0.4 is 9.47 Å². The molecule has 0 fully saturated rings. The van der Waals surface area contributed by atoms with E-state index in [1.54, 1.807) is 6.07 Å². The van der Waals surface area contributed by atoms with E-state index < -0.39 is 11.6 Å². The molecule has 0 aromatic heterocycles. The van der Waals surface area contributed by atoms with E-state index >= 15 is 0 Å². The van der Waals surface area contributed by atoms with E-state index in [4.69, 9.17) is 9.47 Å². The summed E-state index contributed by atoms with van der Waals surface area (Å²) < 4.78 is 37.9. The van der Waals surface area contributed by atoms with E-state index in [1.165, 1.54) is 6.07 Å². The molecule has 0 aliphatic carbocycles. The fraction of sp³-hybridized carbons (Fsp3) is 0.250. The van der Waals surface area contributed by atoms with Crippen LogP contribution in [0.25, 0.3) is 0 Å². The molecule has 0 bridgehead atoms. The summed E-state index contributed by atoms with van der Waals surface area (Å²) in [4.78, 5) is -0.135. The molecule has 3 rings (SSSR count). The summed E-state index contributed by atoms with van der Waals surface area (Å²) in [6.07, 6.45) is 0.350. The van der Waals surface area contributed by atoms with Gasteiger partial charge in [-0.1, -0.05) is 34.1 Å². The van der Waals surface area contributed by atoms with Crippen molar-refractivity contribution in [3.63, 3.8) is 0 Å². The van der Waals surface area contributed by atoms with Crippen LogP contribution in [0.1, 0.15) is 16.0 Å². The number of alkyl halides is 1. The molecule has 1 atom stereocenters. The highest BCUT2D eigenvalue weighted by molar-refractivity contribution is 9.09. The number of hydrogen-bond acceptors (Lipinski definition) is 2. The van der Waals surface area contributed by atoms with E-state index in [0.29, 0.717) is 36.7 Å². The lowest BCUT2D eigenvalue weighted by Gasteiger charge is -2.20. The standard InChI is InChI=1S/C16H13BrF2O2/c17-12(8-11-2-1-3-13(18)16(11)19)10-4-5-14-15(9-10)21-7-6-20-14/h1-5,9,12H,6-8H2. The molecule has 2 nitrogen and oxygen atoms in total. The highest BCUT2D eigenvalue weighted by Gasteiger charge is 2.17. The topological polar surface area (TPSA) is 18.5 Å². The van der Waals surface area contributed by atoms with Crippen molar-refractivity contribution in [3.8, 4) is 11.5 Å². The van der Waals surface area contributed by atoms with Crippen LogP contribution in [0.3, 0.4) is 0 Å². The highest BCUT2D eigenvalue weighted by Crippen LogP contribution is 2.36. The summed E-state index contributed by atoms with van der Waals surface area (Å²) >= 11 is 3.52. The van der Waals surface area contributed by atoms with Crippen molar-refractivity contribution in [2.45, 2.75) is 11.2 Å². The largest absolute Gasteiger partial charge is 0.486 e. The third-order valence-corrected chi connectivity index (χ3v) is 4.21. The smallest absolute Gasteiger partial charge is 0.162 e. The van der Waals surface area contributed by atoms with Crippen LogP contribution >= 0.6 is 15.9 Å². The van der Waals surface area contributed by atoms with Crippen LogP contribution in [0.4, 0.5) is 8.78 Å². The average molecular weight is 355 g/mol. The predicted molar refractivity (Wildman–Crippen MR) is 79.2 cm³/mol. The summed E-state index contributed by atoms with van der Waals surface area (Å²) in [6.45, 7) is 1.06. The monoisotopic (exact) mass is 354 g/mol. The van der Waals surface area contributed by atoms with Gasteiger partial charge < -0.3 is 9.47 Å². The van der Waals surface area contributed by atoms with Crippen molar-refractivity contribution >= 4 is 15.9 Å². The van der Waals surface area contributed by atoms with Crippen LogP contribution in [-0.2, 0) is 6.42 Å². The molecule has 1 heterocycles. The van der Waals surface area contributed by atoms with Gasteiger partial charge in [-0.05, 0) is 35.7 Å². The Morgan fingerprint density at radius 3 is 2.62 bits per heavy atom. The minimum absolute atomic E-state index is 0.135. The van der Waals surface area contributed by atoms with Crippen molar-refractivity contribution in [1.82, 2.24) is 0 Å². The number of ether oxygens (including phenoxy) is 2. The molecule has 5 heteroatoms. The number of rotatable bonds is 3. The first kappa shape index (κ1) is 14.3. The Balaban J connectivity index is 1.82. The van der Waals surface area contributed by atoms with Crippen molar-refractivity contribution in [3.05, 3.63) is 59.2 Å². The first-order valence-electron chi connectivity index (χ1n) is 6.61. The molecule has 1 aliphatic rings. The Labute approximate surface area is 129 Å². The van der Waals surface area contributed by atoms with Gasteiger partial charge in [-0.15, -0.1) is 0 Å². The molecule has 21 heavy (non-hydrogen) atoms. The van der Waals surface area contributed by atoms with Gasteiger partial charge in [0.15, 0.2) is 23.1 Å². The fourth-order valence-electron chi connectivity index (χ4n) is 2.27. The van der Waals surface area contributed by atoms with Crippen LogP contribution in [-0.4, -0.2) is 13.2 Å². The molecule has 0 amide bonds. The molecule has 0 spiro atoms. The zero-order valence-electron chi connectivity index (χ0n) is 11.1. The SMILES string of the molecule is Fc1cccc(CC(Br)c2ccc3c(c2)OCCO3)c1F. The molecular weight excluding hydrogens is 342 g/mol. The van der Waals surface area contributed by atoms with E-state index in [0.717, 1.165) is 11.6 Å². The Kier molecular flexibility index (Phi) is 4.10. The molecule has 2 aromatic carbocycles. The van der Waals surface area contributed by atoms with Gasteiger partial charge in [0.2, 0.25) is 0 Å². The van der Waals surface area contributed by atoms with E-state index in [9.17, 15) is 8.78 Å². The third-order valence-electron chi connectivity index (χ3n) is 3.36. The third kappa shape index (κ3) is 3.02. The van der Waals surface area contributed by atoms with E-state index in [1.807, 2.05) is 18.2 Å². The van der Waals surface area contributed by atoms with Gasteiger partial charge in [-0.25, -0.2) is 8.78 Å². The van der Waals surface area contributed by atoms with Crippen LogP contribution in [0.15, 0.2) is 36.4 Å². The van der Waals surface area contributed by atoms with E-state index in [2.05, 4.69) is 15.9 Å². The zero-order chi connectivity index (χ0) is 14.8.